The maximum absolute atomic E-state index is 8.86. The molecule has 1 atom stereocenters. The van der Waals surface area contributed by atoms with E-state index >= 15 is 0 Å². The van der Waals surface area contributed by atoms with Gasteiger partial charge in [0.25, 0.3) is 6.29 Å². The molecule has 0 amide bonds. The van der Waals surface area contributed by atoms with Gasteiger partial charge >= 0.3 is 0 Å². The summed E-state index contributed by atoms with van der Waals surface area (Å²) < 4.78 is 0. The lowest BCUT2D eigenvalue weighted by atomic mass is 10.0. The molecule has 3 N–H and O–H groups in total. The van der Waals surface area contributed by atoms with Crippen molar-refractivity contribution in [3.63, 3.8) is 0 Å². The predicted molar refractivity (Wildman–Crippen MR) is 28.0 cm³/mol. The zero-order valence-electron chi connectivity index (χ0n) is 5.05. The van der Waals surface area contributed by atoms with E-state index in [1.54, 1.807) is 6.92 Å². The van der Waals surface area contributed by atoms with E-state index in [0.717, 1.165) is 0 Å². The summed E-state index contributed by atoms with van der Waals surface area (Å²) in [7, 11) is 0. The first-order chi connectivity index (χ1) is 3.50. The molecule has 49 valence electrons. The summed E-state index contributed by atoms with van der Waals surface area (Å²) in [4.78, 5) is 0. The first-order valence-corrected chi connectivity index (χ1v) is 2.48. The summed E-state index contributed by atoms with van der Waals surface area (Å²) >= 11 is 0. The average Bonchev–Trinajstić information content (AvgIpc) is 1.67. The highest BCUT2D eigenvalue weighted by Crippen LogP contribution is 2.16. The van der Waals surface area contributed by atoms with Gasteiger partial charge in [0.1, 0.15) is 5.60 Å². The van der Waals surface area contributed by atoms with Crippen molar-refractivity contribution >= 4 is 0 Å². The van der Waals surface area contributed by atoms with Gasteiger partial charge in [0.15, 0.2) is 0 Å². The summed E-state index contributed by atoms with van der Waals surface area (Å²) in [5, 5.41) is 25.5. The topological polar surface area (TPSA) is 60.7 Å². The standard InChI is InChI=1S/C5H11O3/c1-3-5(2,8)4(6)7/h6-8H,3H2,1-2H3. The average molecular weight is 119 g/mol. The molecule has 0 spiro atoms. The van der Waals surface area contributed by atoms with Crippen LogP contribution < -0.4 is 0 Å². The van der Waals surface area contributed by atoms with Crippen LogP contribution in [-0.4, -0.2) is 20.9 Å². The van der Waals surface area contributed by atoms with E-state index in [-0.39, 0.29) is 0 Å². The van der Waals surface area contributed by atoms with E-state index in [1.165, 1.54) is 6.92 Å². The molecule has 0 bridgehead atoms. The van der Waals surface area contributed by atoms with Gasteiger partial charge in [-0.25, -0.2) is 0 Å². The summed E-state index contributed by atoms with van der Waals surface area (Å²) in [6, 6.07) is 0. The van der Waals surface area contributed by atoms with Crippen LogP contribution in [0.4, 0.5) is 0 Å². The Morgan fingerprint density at radius 2 is 1.88 bits per heavy atom. The van der Waals surface area contributed by atoms with Crippen LogP contribution in [0.5, 0.6) is 0 Å². The van der Waals surface area contributed by atoms with E-state index in [4.69, 9.17) is 15.3 Å². The molecular weight excluding hydrogens is 108 g/mol. The molecule has 0 saturated heterocycles. The van der Waals surface area contributed by atoms with Gasteiger partial charge in [0.05, 0.1) is 0 Å². The molecule has 0 aromatic rings. The van der Waals surface area contributed by atoms with Gasteiger partial charge < -0.3 is 15.3 Å². The fraction of sp³-hybridized carbons (Fsp3) is 0.800. The van der Waals surface area contributed by atoms with Crippen molar-refractivity contribution < 1.29 is 15.3 Å². The third-order valence-corrected chi connectivity index (χ3v) is 1.17. The van der Waals surface area contributed by atoms with Crippen molar-refractivity contribution in [3.8, 4) is 0 Å². The highest BCUT2D eigenvalue weighted by Gasteiger charge is 2.27. The zero-order valence-corrected chi connectivity index (χ0v) is 5.05. The third-order valence-electron chi connectivity index (χ3n) is 1.17. The van der Waals surface area contributed by atoms with Gasteiger partial charge in [0.2, 0.25) is 0 Å². The third kappa shape index (κ3) is 1.78. The van der Waals surface area contributed by atoms with Gasteiger partial charge in [-0.3, -0.25) is 0 Å². The van der Waals surface area contributed by atoms with Crippen LogP contribution in [0.1, 0.15) is 20.3 Å². The molecule has 1 unspecified atom stereocenters. The molecule has 0 aliphatic carbocycles. The molecule has 8 heavy (non-hydrogen) atoms. The van der Waals surface area contributed by atoms with Crippen LogP contribution in [0.2, 0.25) is 0 Å². The number of hydrogen-bond acceptors (Lipinski definition) is 3. The smallest absolute Gasteiger partial charge is 0.251 e. The second kappa shape index (κ2) is 2.44. The number of hydrogen-bond donors (Lipinski definition) is 3. The summed E-state index contributed by atoms with van der Waals surface area (Å²) in [5.74, 6) is 0. The lowest BCUT2D eigenvalue weighted by Gasteiger charge is -2.20. The maximum Gasteiger partial charge on any atom is 0.251 e. The van der Waals surface area contributed by atoms with Crippen LogP contribution in [0.3, 0.4) is 0 Å². The molecule has 0 fully saturated rings. The quantitative estimate of drug-likeness (QED) is 0.492. The first-order valence-electron chi connectivity index (χ1n) is 2.48. The van der Waals surface area contributed by atoms with Crippen LogP contribution in [0, 0.1) is 6.29 Å². The van der Waals surface area contributed by atoms with Crippen LogP contribution in [0.15, 0.2) is 0 Å². The Morgan fingerprint density at radius 3 is 1.88 bits per heavy atom. The van der Waals surface area contributed by atoms with Gasteiger partial charge in [-0.15, -0.1) is 0 Å². The van der Waals surface area contributed by atoms with Crippen molar-refractivity contribution in [1.29, 1.82) is 0 Å². The van der Waals surface area contributed by atoms with E-state index in [2.05, 4.69) is 0 Å². The number of aliphatic hydroxyl groups excluding tert-OH is 1. The van der Waals surface area contributed by atoms with Crippen molar-refractivity contribution in [1.82, 2.24) is 0 Å². The monoisotopic (exact) mass is 119 g/mol. The van der Waals surface area contributed by atoms with Crippen molar-refractivity contribution in [2.24, 2.45) is 0 Å². The van der Waals surface area contributed by atoms with Crippen molar-refractivity contribution in [2.75, 3.05) is 0 Å². The van der Waals surface area contributed by atoms with Gasteiger partial charge in [-0.05, 0) is 13.3 Å². The fourth-order valence-corrected chi connectivity index (χ4v) is 0.158. The molecule has 0 saturated carbocycles. The normalized spacial score (nSPS) is 18.8. The van der Waals surface area contributed by atoms with Gasteiger partial charge in [-0.2, -0.15) is 0 Å². The second-order valence-electron chi connectivity index (χ2n) is 1.95. The summed E-state index contributed by atoms with van der Waals surface area (Å²) in [5.41, 5.74) is -1.43. The molecule has 1 radical (unpaired) electrons. The van der Waals surface area contributed by atoms with Gasteiger partial charge in [0, 0.05) is 0 Å². The molecule has 3 heteroatoms. The van der Waals surface area contributed by atoms with E-state index < -0.39 is 11.9 Å². The lowest BCUT2D eigenvalue weighted by Crippen LogP contribution is -2.31. The fourth-order valence-electron chi connectivity index (χ4n) is 0.158. The molecule has 0 aliphatic heterocycles. The number of rotatable bonds is 2. The van der Waals surface area contributed by atoms with E-state index in [9.17, 15) is 0 Å². The van der Waals surface area contributed by atoms with Crippen molar-refractivity contribution in [3.05, 3.63) is 6.29 Å². The Kier molecular flexibility index (Phi) is 2.40. The van der Waals surface area contributed by atoms with Gasteiger partial charge in [-0.1, -0.05) is 6.92 Å². The highest BCUT2D eigenvalue weighted by atomic mass is 16.5. The van der Waals surface area contributed by atoms with Crippen LogP contribution in [-0.2, 0) is 0 Å². The molecular formula is C5H11O3. The molecule has 3 nitrogen and oxygen atoms in total. The van der Waals surface area contributed by atoms with E-state index in [0.29, 0.717) is 6.42 Å². The Hall–Kier alpha value is -0.120. The highest BCUT2D eigenvalue weighted by molar-refractivity contribution is 4.84. The van der Waals surface area contributed by atoms with Crippen molar-refractivity contribution in [2.45, 2.75) is 25.9 Å². The molecule has 0 rings (SSSR count). The van der Waals surface area contributed by atoms with Crippen LogP contribution >= 0.6 is 0 Å². The molecule has 0 aromatic heterocycles. The Labute approximate surface area is 48.6 Å². The SMILES string of the molecule is CCC(C)(O)[C](O)O. The maximum atomic E-state index is 8.86. The molecule has 0 heterocycles. The Bertz CT molecular complexity index is 68.1. The minimum atomic E-state index is -1.43. The molecule has 0 aromatic carbocycles. The first kappa shape index (κ1) is 7.88. The Balaban J connectivity index is 3.71. The summed E-state index contributed by atoms with van der Waals surface area (Å²) in [6.45, 7) is 2.99. The second-order valence-corrected chi connectivity index (χ2v) is 1.95. The predicted octanol–water partition coefficient (Wildman–Crippen LogP) is 0.382. The summed E-state index contributed by atoms with van der Waals surface area (Å²) in [6.07, 6.45) is -0.616. The van der Waals surface area contributed by atoms with Crippen LogP contribution in [0.25, 0.3) is 0 Å². The Morgan fingerprint density at radius 1 is 1.50 bits per heavy atom. The minimum absolute atomic E-state index is 0.301. The zero-order chi connectivity index (χ0) is 6.78. The number of aliphatic hydroxyl groups is 3. The van der Waals surface area contributed by atoms with E-state index in [1.807, 2.05) is 0 Å². The lowest BCUT2D eigenvalue weighted by molar-refractivity contribution is -0.0865. The molecule has 0 aliphatic rings. The minimum Gasteiger partial charge on any atom is -0.384 e. The largest absolute Gasteiger partial charge is 0.384 e.